The molecule has 1 aliphatic rings. The van der Waals surface area contributed by atoms with Gasteiger partial charge < -0.3 is 19.6 Å². The third-order valence-corrected chi connectivity index (χ3v) is 7.75. The largest absolute Gasteiger partial charge is 0.462 e. The summed E-state index contributed by atoms with van der Waals surface area (Å²) in [6, 6.07) is 9.59. The van der Waals surface area contributed by atoms with Crippen LogP contribution in [0.3, 0.4) is 0 Å². The predicted molar refractivity (Wildman–Crippen MR) is 135 cm³/mol. The van der Waals surface area contributed by atoms with E-state index in [0.29, 0.717) is 58.4 Å². The number of nitrogens with one attached hydrogen (secondary N) is 2. The zero-order chi connectivity index (χ0) is 24.7. The molecular weight excluding hydrogens is 466 g/mol. The minimum atomic E-state index is -0.433. The van der Waals surface area contributed by atoms with E-state index in [-0.39, 0.29) is 24.1 Å². The van der Waals surface area contributed by atoms with Gasteiger partial charge in [-0.15, -0.1) is 11.3 Å². The maximum Gasteiger partial charge on any atom is 0.348 e. The molecule has 9 nitrogen and oxygen atoms in total. The van der Waals surface area contributed by atoms with Crippen LogP contribution < -0.4 is 5.56 Å². The number of hydrogen-bond acceptors (Lipinski definition) is 7. The SMILES string of the molecule is CCOC(=O)c1sc2nc(C(C)N3CCN(C(=O)c4cc5ccccc5[nH]4)CC3)[nH]c(=O)c2c1C. The zero-order valence-corrected chi connectivity index (χ0v) is 20.7. The molecule has 1 fully saturated rings. The maximum absolute atomic E-state index is 13.0. The Bertz CT molecular complexity index is 1450. The summed E-state index contributed by atoms with van der Waals surface area (Å²) in [6.07, 6.45) is 0. The number of aryl methyl sites for hydroxylation is 1. The fraction of sp³-hybridized carbons (Fsp3) is 0.360. The van der Waals surface area contributed by atoms with E-state index in [2.05, 4.69) is 19.9 Å². The van der Waals surface area contributed by atoms with Crippen LogP contribution in [0.1, 0.15) is 51.4 Å². The molecule has 0 radical (unpaired) electrons. The molecule has 0 bridgehead atoms. The molecule has 1 unspecified atom stereocenters. The lowest BCUT2D eigenvalue weighted by molar-refractivity contribution is 0.0530. The van der Waals surface area contributed by atoms with Gasteiger partial charge in [0.2, 0.25) is 0 Å². The lowest BCUT2D eigenvalue weighted by Gasteiger charge is -2.37. The van der Waals surface area contributed by atoms with Crippen LogP contribution in [0.5, 0.6) is 0 Å². The summed E-state index contributed by atoms with van der Waals surface area (Å²) in [4.78, 5) is 53.9. The van der Waals surface area contributed by atoms with Crippen molar-refractivity contribution in [1.29, 1.82) is 0 Å². The first-order valence-corrected chi connectivity index (χ1v) is 12.5. The summed E-state index contributed by atoms with van der Waals surface area (Å²) in [5.74, 6) is 0.106. The van der Waals surface area contributed by atoms with Gasteiger partial charge in [0.15, 0.2) is 0 Å². The number of H-pyrrole nitrogens is 2. The second-order valence-corrected chi connectivity index (χ2v) is 9.68. The highest BCUT2D eigenvalue weighted by atomic mass is 32.1. The van der Waals surface area contributed by atoms with Crippen LogP contribution >= 0.6 is 11.3 Å². The Kier molecular flexibility index (Phi) is 6.16. The number of hydrogen-bond donors (Lipinski definition) is 2. The predicted octanol–water partition coefficient (Wildman–Crippen LogP) is 3.47. The number of carbonyl (C=O) groups is 2. The number of aromatic amines is 2. The highest BCUT2D eigenvalue weighted by molar-refractivity contribution is 7.20. The molecule has 0 aliphatic carbocycles. The molecule has 4 aromatic rings. The van der Waals surface area contributed by atoms with E-state index in [9.17, 15) is 14.4 Å². The van der Waals surface area contributed by atoms with Gasteiger partial charge in [-0.1, -0.05) is 18.2 Å². The van der Waals surface area contributed by atoms with Crippen molar-refractivity contribution in [3.05, 3.63) is 62.6 Å². The molecule has 0 spiro atoms. The molecule has 2 N–H and O–H groups in total. The molecular formula is C25H27N5O4S. The van der Waals surface area contributed by atoms with Crippen molar-refractivity contribution in [3.8, 4) is 0 Å². The fourth-order valence-electron chi connectivity index (χ4n) is 4.59. The average Bonchev–Trinajstić information content (AvgIpc) is 3.45. The van der Waals surface area contributed by atoms with Gasteiger partial charge in [0.25, 0.3) is 11.5 Å². The molecule has 1 aromatic carbocycles. The molecule has 10 heteroatoms. The Balaban J connectivity index is 1.31. The van der Waals surface area contributed by atoms with Gasteiger partial charge in [0.1, 0.15) is 21.2 Å². The van der Waals surface area contributed by atoms with Gasteiger partial charge in [-0.3, -0.25) is 14.5 Å². The number of rotatable bonds is 5. The fourth-order valence-corrected chi connectivity index (χ4v) is 5.68. The smallest absolute Gasteiger partial charge is 0.348 e. The normalized spacial score (nSPS) is 15.6. The first kappa shape index (κ1) is 23.3. The number of benzene rings is 1. The number of carbonyl (C=O) groups excluding carboxylic acids is 2. The van der Waals surface area contributed by atoms with E-state index >= 15 is 0 Å². The van der Waals surface area contributed by atoms with Crippen molar-refractivity contribution < 1.29 is 14.3 Å². The monoisotopic (exact) mass is 493 g/mol. The standard InChI is InChI=1S/C25H27N5O4S/c1-4-34-25(33)20-14(2)19-22(31)27-21(28-23(19)35-20)15(3)29-9-11-30(12-10-29)24(32)18-13-16-7-5-6-8-17(16)26-18/h5-8,13,15,26H,4,9-12H2,1-3H3,(H,27,28,31). The number of aromatic nitrogens is 3. The van der Waals surface area contributed by atoms with Gasteiger partial charge in [-0.05, 0) is 38.5 Å². The highest BCUT2D eigenvalue weighted by Crippen LogP contribution is 2.29. The minimum Gasteiger partial charge on any atom is -0.462 e. The third-order valence-electron chi connectivity index (χ3n) is 6.58. The summed E-state index contributed by atoms with van der Waals surface area (Å²) in [7, 11) is 0. The van der Waals surface area contributed by atoms with E-state index < -0.39 is 5.97 Å². The number of ether oxygens (including phenoxy) is 1. The van der Waals surface area contributed by atoms with Crippen molar-refractivity contribution in [1.82, 2.24) is 24.8 Å². The van der Waals surface area contributed by atoms with Crippen molar-refractivity contribution in [2.45, 2.75) is 26.8 Å². The van der Waals surface area contributed by atoms with Crippen LogP contribution in [0.25, 0.3) is 21.1 Å². The van der Waals surface area contributed by atoms with Gasteiger partial charge >= 0.3 is 5.97 Å². The van der Waals surface area contributed by atoms with E-state index in [1.165, 1.54) is 11.3 Å². The topological polar surface area (TPSA) is 111 Å². The summed E-state index contributed by atoms with van der Waals surface area (Å²) in [5.41, 5.74) is 1.88. The summed E-state index contributed by atoms with van der Waals surface area (Å²) < 4.78 is 5.12. The molecule has 1 atom stereocenters. The lowest BCUT2D eigenvalue weighted by Crippen LogP contribution is -2.49. The number of para-hydroxylation sites is 1. The van der Waals surface area contributed by atoms with Crippen LogP contribution in [0.4, 0.5) is 0 Å². The number of thiophene rings is 1. The van der Waals surface area contributed by atoms with Crippen molar-refractivity contribution in [3.63, 3.8) is 0 Å². The Hall–Kier alpha value is -3.50. The third kappa shape index (κ3) is 4.23. The molecule has 182 valence electrons. The number of fused-ring (bicyclic) bond motifs is 2. The van der Waals surface area contributed by atoms with E-state index in [1.807, 2.05) is 42.2 Å². The summed E-state index contributed by atoms with van der Waals surface area (Å²) in [5, 5.41) is 1.45. The lowest BCUT2D eigenvalue weighted by atomic mass is 10.2. The van der Waals surface area contributed by atoms with Crippen LogP contribution in [0.15, 0.2) is 35.1 Å². The second kappa shape index (κ2) is 9.27. The Morgan fingerprint density at radius 1 is 1.17 bits per heavy atom. The van der Waals surface area contributed by atoms with Gasteiger partial charge in [-0.25, -0.2) is 9.78 Å². The van der Waals surface area contributed by atoms with Crippen LogP contribution in [0.2, 0.25) is 0 Å². The van der Waals surface area contributed by atoms with Gasteiger partial charge in [0.05, 0.1) is 18.0 Å². The van der Waals surface area contributed by atoms with Crippen molar-refractivity contribution >= 4 is 44.3 Å². The molecule has 1 aliphatic heterocycles. The molecule has 4 heterocycles. The molecule has 5 rings (SSSR count). The molecule has 35 heavy (non-hydrogen) atoms. The maximum atomic E-state index is 13.0. The summed E-state index contributed by atoms with van der Waals surface area (Å²) in [6.45, 7) is 8.23. The molecule has 0 saturated carbocycles. The quantitative estimate of drug-likeness (QED) is 0.412. The van der Waals surface area contributed by atoms with E-state index in [1.54, 1.807) is 13.8 Å². The Morgan fingerprint density at radius 3 is 2.63 bits per heavy atom. The number of amides is 1. The molecule has 1 amide bonds. The average molecular weight is 494 g/mol. The van der Waals surface area contributed by atoms with Gasteiger partial charge in [0, 0.05) is 37.1 Å². The zero-order valence-electron chi connectivity index (χ0n) is 19.9. The first-order valence-electron chi connectivity index (χ1n) is 11.7. The second-order valence-electron chi connectivity index (χ2n) is 8.68. The first-order chi connectivity index (χ1) is 16.9. The summed E-state index contributed by atoms with van der Waals surface area (Å²) >= 11 is 1.19. The highest BCUT2D eigenvalue weighted by Gasteiger charge is 2.28. The molecule has 1 saturated heterocycles. The number of nitrogens with zero attached hydrogens (tertiary/aromatic N) is 3. The van der Waals surface area contributed by atoms with E-state index in [4.69, 9.17) is 4.74 Å². The minimum absolute atomic E-state index is 0.0120. The van der Waals surface area contributed by atoms with Crippen molar-refractivity contribution in [2.24, 2.45) is 0 Å². The number of esters is 1. The van der Waals surface area contributed by atoms with E-state index in [0.717, 1.165) is 10.9 Å². The van der Waals surface area contributed by atoms with Gasteiger partial charge in [-0.2, -0.15) is 0 Å². The van der Waals surface area contributed by atoms with Crippen LogP contribution in [-0.2, 0) is 4.74 Å². The Morgan fingerprint density at radius 2 is 1.91 bits per heavy atom. The van der Waals surface area contributed by atoms with Crippen molar-refractivity contribution in [2.75, 3.05) is 32.8 Å². The molecule has 3 aromatic heterocycles. The van der Waals surface area contributed by atoms with Crippen LogP contribution in [0, 0.1) is 6.92 Å². The number of piperazine rings is 1. The Labute approximate surface area is 205 Å². The van der Waals surface area contributed by atoms with Crippen LogP contribution in [-0.4, -0.2) is 69.4 Å².